The van der Waals surface area contributed by atoms with Crippen molar-refractivity contribution in [1.29, 1.82) is 0 Å². The molecule has 28 heavy (non-hydrogen) atoms. The first kappa shape index (κ1) is 18.6. The summed E-state index contributed by atoms with van der Waals surface area (Å²) < 4.78 is 1.76. The number of aromatic nitrogens is 5. The van der Waals surface area contributed by atoms with Crippen molar-refractivity contribution in [3.05, 3.63) is 35.4 Å². The Bertz CT molecular complexity index is 1020. The molecule has 1 amide bonds. The summed E-state index contributed by atoms with van der Waals surface area (Å²) in [6.07, 6.45) is 4.47. The Kier molecular flexibility index (Phi) is 4.66. The maximum atomic E-state index is 13.2. The fourth-order valence-corrected chi connectivity index (χ4v) is 4.02. The minimum Gasteiger partial charge on any atom is -0.336 e. The molecule has 8 nitrogen and oxygen atoms in total. The number of likely N-dealkylation sites (tertiary alicyclic amines) is 1. The topological polar surface area (TPSA) is 82.4 Å². The van der Waals surface area contributed by atoms with Crippen LogP contribution in [-0.4, -0.2) is 73.7 Å². The molecule has 148 valence electrons. The molecule has 4 heterocycles. The van der Waals surface area contributed by atoms with Gasteiger partial charge < -0.3 is 9.80 Å². The highest BCUT2D eigenvalue weighted by molar-refractivity contribution is 5.96. The molecule has 0 aliphatic carbocycles. The molecule has 0 unspecified atom stereocenters. The number of H-pyrrole nitrogens is 1. The number of hydrogen-bond acceptors (Lipinski definition) is 5. The number of nitrogens with one attached hydrogen (secondary N) is 1. The molecule has 1 N–H and O–H groups in total. The van der Waals surface area contributed by atoms with Crippen LogP contribution in [0.2, 0.25) is 0 Å². The summed E-state index contributed by atoms with van der Waals surface area (Å²) in [5.74, 6) is 0.167. The van der Waals surface area contributed by atoms with Crippen LogP contribution in [0, 0.1) is 6.92 Å². The minimum atomic E-state index is 0.00843. The van der Waals surface area contributed by atoms with E-state index in [-0.39, 0.29) is 11.8 Å². The summed E-state index contributed by atoms with van der Waals surface area (Å²) in [4.78, 5) is 21.6. The SMILES string of the molecule is Cc1cc(-c2[nH]nc(C(=O)N3CC[C@H](N(C)C)C3)c2C(C)C)cn2ncnc12. The zero-order chi connectivity index (χ0) is 20.0. The average molecular weight is 381 g/mol. The molecule has 8 heteroatoms. The monoisotopic (exact) mass is 381 g/mol. The van der Waals surface area contributed by atoms with Gasteiger partial charge in [0, 0.05) is 36.5 Å². The predicted molar refractivity (Wildman–Crippen MR) is 107 cm³/mol. The first-order chi connectivity index (χ1) is 13.4. The van der Waals surface area contributed by atoms with Gasteiger partial charge in [0.05, 0.1) is 5.69 Å². The molecule has 0 saturated carbocycles. The number of hydrogen-bond donors (Lipinski definition) is 1. The van der Waals surface area contributed by atoms with Gasteiger partial charge in [-0.15, -0.1) is 0 Å². The minimum absolute atomic E-state index is 0.00843. The van der Waals surface area contributed by atoms with Crippen LogP contribution in [0.4, 0.5) is 0 Å². The van der Waals surface area contributed by atoms with Crippen molar-refractivity contribution in [1.82, 2.24) is 34.6 Å². The van der Waals surface area contributed by atoms with Crippen LogP contribution in [0.3, 0.4) is 0 Å². The smallest absolute Gasteiger partial charge is 0.274 e. The predicted octanol–water partition coefficient (Wildman–Crippen LogP) is 2.33. The third-order valence-corrected chi connectivity index (χ3v) is 5.61. The van der Waals surface area contributed by atoms with Gasteiger partial charge in [-0.2, -0.15) is 10.2 Å². The van der Waals surface area contributed by atoms with E-state index in [1.807, 2.05) is 18.0 Å². The quantitative estimate of drug-likeness (QED) is 0.750. The third kappa shape index (κ3) is 3.07. The van der Waals surface area contributed by atoms with Crippen molar-refractivity contribution in [2.24, 2.45) is 0 Å². The molecule has 0 aromatic carbocycles. The van der Waals surface area contributed by atoms with Crippen molar-refractivity contribution in [2.45, 2.75) is 39.2 Å². The summed E-state index contributed by atoms with van der Waals surface area (Å²) in [5, 5.41) is 11.8. The number of amides is 1. The van der Waals surface area contributed by atoms with Crippen LogP contribution < -0.4 is 0 Å². The molecular formula is C20H27N7O. The molecule has 1 aliphatic rings. The van der Waals surface area contributed by atoms with Crippen LogP contribution >= 0.6 is 0 Å². The Hall–Kier alpha value is -2.74. The fraction of sp³-hybridized carbons (Fsp3) is 0.500. The summed E-state index contributed by atoms with van der Waals surface area (Å²) in [5.41, 5.74) is 5.18. The summed E-state index contributed by atoms with van der Waals surface area (Å²) in [6, 6.07) is 2.47. The third-order valence-electron chi connectivity index (χ3n) is 5.61. The van der Waals surface area contributed by atoms with Crippen molar-refractivity contribution in [2.75, 3.05) is 27.2 Å². The van der Waals surface area contributed by atoms with E-state index in [1.165, 1.54) is 0 Å². The number of aryl methyl sites for hydroxylation is 1. The maximum Gasteiger partial charge on any atom is 0.274 e. The molecule has 1 saturated heterocycles. The van der Waals surface area contributed by atoms with Gasteiger partial charge in [-0.05, 0) is 45.0 Å². The zero-order valence-electron chi connectivity index (χ0n) is 17.1. The van der Waals surface area contributed by atoms with E-state index in [4.69, 9.17) is 0 Å². The van der Waals surface area contributed by atoms with Gasteiger partial charge in [0.15, 0.2) is 11.3 Å². The molecule has 0 radical (unpaired) electrons. The molecule has 0 spiro atoms. The Balaban J connectivity index is 1.72. The number of aromatic amines is 1. The van der Waals surface area contributed by atoms with Crippen LogP contribution in [-0.2, 0) is 0 Å². The number of rotatable bonds is 4. The molecule has 4 rings (SSSR count). The van der Waals surface area contributed by atoms with Crippen molar-refractivity contribution < 1.29 is 4.79 Å². The van der Waals surface area contributed by atoms with E-state index >= 15 is 0 Å². The lowest BCUT2D eigenvalue weighted by Gasteiger charge is -2.20. The zero-order valence-corrected chi connectivity index (χ0v) is 17.1. The van der Waals surface area contributed by atoms with E-state index in [2.05, 4.69) is 59.2 Å². The largest absolute Gasteiger partial charge is 0.336 e. The molecular weight excluding hydrogens is 354 g/mol. The Morgan fingerprint density at radius 3 is 2.82 bits per heavy atom. The van der Waals surface area contributed by atoms with E-state index in [0.717, 1.165) is 47.5 Å². The Morgan fingerprint density at radius 2 is 2.14 bits per heavy atom. The number of carbonyl (C=O) groups excluding carboxylic acids is 1. The first-order valence-corrected chi connectivity index (χ1v) is 9.71. The molecule has 1 aliphatic heterocycles. The van der Waals surface area contributed by atoms with Crippen molar-refractivity contribution in [3.8, 4) is 11.3 Å². The van der Waals surface area contributed by atoms with E-state index in [9.17, 15) is 4.79 Å². The lowest BCUT2D eigenvalue weighted by molar-refractivity contribution is 0.0775. The molecule has 3 aromatic heterocycles. The first-order valence-electron chi connectivity index (χ1n) is 9.71. The highest BCUT2D eigenvalue weighted by Crippen LogP contribution is 2.32. The highest BCUT2D eigenvalue weighted by atomic mass is 16.2. The highest BCUT2D eigenvalue weighted by Gasteiger charge is 2.32. The van der Waals surface area contributed by atoms with Gasteiger partial charge >= 0.3 is 0 Å². The molecule has 3 aromatic rings. The number of carbonyl (C=O) groups is 1. The number of nitrogens with zero attached hydrogens (tertiary/aromatic N) is 6. The second kappa shape index (κ2) is 7.01. The average Bonchev–Trinajstić information content (AvgIpc) is 3.38. The van der Waals surface area contributed by atoms with Crippen LogP contribution in [0.25, 0.3) is 16.9 Å². The standard InChI is InChI=1S/C20H27N7O/c1-12(2)16-17(14-8-13(3)19-21-11-22-27(19)9-14)23-24-18(16)20(28)26-7-6-15(10-26)25(4)5/h8-9,11-12,15H,6-7,10H2,1-5H3,(H,23,24)/t15-/m0/s1. The van der Waals surface area contributed by atoms with Crippen molar-refractivity contribution >= 4 is 11.6 Å². The van der Waals surface area contributed by atoms with Crippen LogP contribution in [0.1, 0.15) is 47.8 Å². The summed E-state index contributed by atoms with van der Waals surface area (Å²) in [7, 11) is 4.13. The normalized spacial score (nSPS) is 17.4. The Labute approximate surface area is 164 Å². The molecule has 1 fully saturated rings. The van der Waals surface area contributed by atoms with Gasteiger partial charge in [0.25, 0.3) is 5.91 Å². The maximum absolute atomic E-state index is 13.2. The number of likely N-dealkylation sites (N-methyl/N-ethyl adjacent to an activating group) is 1. The van der Waals surface area contributed by atoms with Gasteiger partial charge in [-0.3, -0.25) is 9.89 Å². The van der Waals surface area contributed by atoms with Crippen LogP contribution in [0.5, 0.6) is 0 Å². The van der Waals surface area contributed by atoms with E-state index in [0.29, 0.717) is 11.7 Å². The van der Waals surface area contributed by atoms with E-state index < -0.39 is 0 Å². The second-order valence-electron chi connectivity index (χ2n) is 8.11. The molecule has 1 atom stereocenters. The second-order valence-corrected chi connectivity index (χ2v) is 8.11. The summed E-state index contributed by atoms with van der Waals surface area (Å²) >= 11 is 0. The lowest BCUT2D eigenvalue weighted by Crippen LogP contribution is -2.35. The van der Waals surface area contributed by atoms with Crippen molar-refractivity contribution in [3.63, 3.8) is 0 Å². The summed E-state index contributed by atoms with van der Waals surface area (Å²) in [6.45, 7) is 7.72. The van der Waals surface area contributed by atoms with Gasteiger partial charge in [-0.25, -0.2) is 9.50 Å². The van der Waals surface area contributed by atoms with Gasteiger partial charge in [0.1, 0.15) is 6.33 Å². The number of fused-ring (bicyclic) bond motifs is 1. The van der Waals surface area contributed by atoms with Gasteiger partial charge in [-0.1, -0.05) is 13.8 Å². The van der Waals surface area contributed by atoms with Gasteiger partial charge in [0.2, 0.25) is 0 Å². The Morgan fingerprint density at radius 1 is 1.36 bits per heavy atom. The number of pyridine rings is 1. The lowest BCUT2D eigenvalue weighted by atomic mass is 9.96. The van der Waals surface area contributed by atoms with E-state index in [1.54, 1.807) is 10.8 Å². The van der Waals surface area contributed by atoms with Crippen LogP contribution in [0.15, 0.2) is 18.6 Å². The fourth-order valence-electron chi connectivity index (χ4n) is 4.02. The molecule has 0 bridgehead atoms.